The Bertz CT molecular complexity index is 203. The Balaban J connectivity index is 2.19. The van der Waals surface area contributed by atoms with Gasteiger partial charge in [-0.2, -0.15) is 5.10 Å². The van der Waals surface area contributed by atoms with Crippen LogP contribution >= 0.6 is 0 Å². The van der Waals surface area contributed by atoms with Crippen molar-refractivity contribution in [1.82, 2.24) is 5.43 Å². The van der Waals surface area contributed by atoms with Gasteiger partial charge in [0.25, 0.3) is 0 Å². The zero-order valence-electron chi connectivity index (χ0n) is 9.01. The molecule has 0 saturated heterocycles. The van der Waals surface area contributed by atoms with Crippen LogP contribution in [-0.2, 0) is 4.79 Å². The van der Waals surface area contributed by atoms with E-state index in [1.165, 1.54) is 25.0 Å². The highest BCUT2D eigenvalue weighted by atomic mass is 16.2. The third kappa shape index (κ3) is 4.40. The Morgan fingerprint density at radius 3 is 2.71 bits per heavy atom. The third-order valence-electron chi connectivity index (χ3n) is 2.53. The van der Waals surface area contributed by atoms with Gasteiger partial charge in [-0.1, -0.05) is 19.8 Å². The summed E-state index contributed by atoms with van der Waals surface area (Å²) in [5.41, 5.74) is 3.80. The molecule has 0 heterocycles. The lowest BCUT2D eigenvalue weighted by atomic mass is 9.99. The molecule has 0 atom stereocenters. The molecule has 0 spiro atoms. The molecule has 0 radical (unpaired) electrons. The summed E-state index contributed by atoms with van der Waals surface area (Å²) < 4.78 is 0. The van der Waals surface area contributed by atoms with Crippen LogP contribution < -0.4 is 5.43 Å². The number of carbonyl (C=O) groups excluding carboxylic acids is 1. The molecule has 0 bridgehead atoms. The van der Waals surface area contributed by atoms with E-state index in [0.717, 1.165) is 25.7 Å². The number of hydrogen-bond acceptors (Lipinski definition) is 2. The number of unbranched alkanes of at least 4 members (excludes halogenated alkanes) is 1. The van der Waals surface area contributed by atoms with E-state index in [2.05, 4.69) is 17.5 Å². The van der Waals surface area contributed by atoms with Crippen LogP contribution in [0.4, 0.5) is 0 Å². The van der Waals surface area contributed by atoms with Crippen molar-refractivity contribution in [2.75, 3.05) is 0 Å². The summed E-state index contributed by atoms with van der Waals surface area (Å²) in [6.45, 7) is 2.08. The summed E-state index contributed by atoms with van der Waals surface area (Å²) in [7, 11) is 0. The van der Waals surface area contributed by atoms with E-state index in [-0.39, 0.29) is 5.91 Å². The number of nitrogens with one attached hydrogen (secondary N) is 1. The normalized spacial score (nSPS) is 16.5. The number of carbonyl (C=O) groups is 1. The second kappa shape index (κ2) is 6.57. The fourth-order valence-electron chi connectivity index (χ4n) is 1.61. The molecule has 0 unspecified atom stereocenters. The zero-order valence-corrected chi connectivity index (χ0v) is 9.01. The molecule has 80 valence electrons. The molecule has 1 N–H and O–H groups in total. The largest absolute Gasteiger partial charge is 0.273 e. The van der Waals surface area contributed by atoms with Gasteiger partial charge >= 0.3 is 0 Å². The smallest absolute Gasteiger partial charge is 0.240 e. The minimum atomic E-state index is 0.0601. The Morgan fingerprint density at radius 1 is 1.36 bits per heavy atom. The number of rotatable bonds is 4. The highest BCUT2D eigenvalue weighted by Crippen LogP contribution is 2.14. The Labute approximate surface area is 86.0 Å². The van der Waals surface area contributed by atoms with E-state index in [4.69, 9.17) is 0 Å². The van der Waals surface area contributed by atoms with Gasteiger partial charge in [-0.05, 0) is 32.1 Å². The molecule has 3 heteroatoms. The maximum atomic E-state index is 11.2. The van der Waals surface area contributed by atoms with Crippen LogP contribution in [0.3, 0.4) is 0 Å². The predicted octanol–water partition coefficient (Wildman–Crippen LogP) is 2.61. The number of hydrogen-bond donors (Lipinski definition) is 1. The van der Waals surface area contributed by atoms with Crippen molar-refractivity contribution in [2.45, 2.75) is 58.3 Å². The van der Waals surface area contributed by atoms with Gasteiger partial charge in [-0.15, -0.1) is 0 Å². The summed E-state index contributed by atoms with van der Waals surface area (Å²) in [4.78, 5) is 11.2. The van der Waals surface area contributed by atoms with E-state index in [1.54, 1.807) is 0 Å². The molecule has 14 heavy (non-hydrogen) atoms. The van der Waals surface area contributed by atoms with Crippen molar-refractivity contribution in [3.8, 4) is 0 Å². The van der Waals surface area contributed by atoms with Crippen LogP contribution in [0.2, 0.25) is 0 Å². The topological polar surface area (TPSA) is 41.5 Å². The first-order valence-electron chi connectivity index (χ1n) is 5.67. The Morgan fingerprint density at radius 2 is 2.07 bits per heavy atom. The van der Waals surface area contributed by atoms with Crippen molar-refractivity contribution in [1.29, 1.82) is 0 Å². The van der Waals surface area contributed by atoms with Gasteiger partial charge in [0.05, 0.1) is 0 Å². The van der Waals surface area contributed by atoms with Gasteiger partial charge < -0.3 is 0 Å². The molecule has 1 rings (SSSR count). The lowest BCUT2D eigenvalue weighted by molar-refractivity contribution is -0.121. The molecule has 1 amide bonds. The molecule has 0 aromatic rings. The second-order valence-corrected chi connectivity index (χ2v) is 3.88. The van der Waals surface area contributed by atoms with E-state index in [0.29, 0.717) is 6.42 Å². The van der Waals surface area contributed by atoms with E-state index >= 15 is 0 Å². The number of amides is 1. The average molecular weight is 196 g/mol. The van der Waals surface area contributed by atoms with Crippen LogP contribution in [0.1, 0.15) is 58.3 Å². The molecular weight excluding hydrogens is 176 g/mol. The lowest BCUT2D eigenvalue weighted by Crippen LogP contribution is -2.20. The second-order valence-electron chi connectivity index (χ2n) is 3.88. The van der Waals surface area contributed by atoms with Crippen molar-refractivity contribution in [3.05, 3.63) is 0 Å². The van der Waals surface area contributed by atoms with Crippen LogP contribution in [0.5, 0.6) is 0 Å². The van der Waals surface area contributed by atoms with Gasteiger partial charge in [0, 0.05) is 12.1 Å². The SMILES string of the molecule is CCCCC(=O)NN=C1CCCCC1. The molecule has 1 aliphatic rings. The standard InChI is InChI=1S/C11H20N2O/c1-2-3-9-11(14)13-12-10-7-5-4-6-8-10/h2-9H2,1H3,(H,13,14). The van der Waals surface area contributed by atoms with Crippen LogP contribution in [0, 0.1) is 0 Å². The average Bonchev–Trinajstić information content (AvgIpc) is 2.25. The quantitative estimate of drug-likeness (QED) is 0.690. The lowest BCUT2D eigenvalue weighted by Gasteiger charge is -2.11. The molecule has 1 saturated carbocycles. The minimum Gasteiger partial charge on any atom is -0.273 e. The summed E-state index contributed by atoms with van der Waals surface area (Å²) in [5.74, 6) is 0.0601. The molecule has 1 aliphatic carbocycles. The Kier molecular flexibility index (Phi) is 5.27. The van der Waals surface area contributed by atoms with Gasteiger partial charge in [0.2, 0.25) is 5.91 Å². The van der Waals surface area contributed by atoms with Gasteiger partial charge in [0.15, 0.2) is 0 Å². The fraction of sp³-hybridized carbons (Fsp3) is 0.818. The summed E-state index contributed by atoms with van der Waals surface area (Å²) in [6, 6.07) is 0. The van der Waals surface area contributed by atoms with Crippen molar-refractivity contribution < 1.29 is 4.79 Å². The molecule has 0 aromatic heterocycles. The van der Waals surface area contributed by atoms with Crippen molar-refractivity contribution in [3.63, 3.8) is 0 Å². The first kappa shape index (κ1) is 11.2. The third-order valence-corrected chi connectivity index (χ3v) is 2.53. The monoisotopic (exact) mass is 196 g/mol. The van der Waals surface area contributed by atoms with E-state index in [1.807, 2.05) is 0 Å². The molecule has 1 fully saturated rings. The molecule has 0 aromatic carbocycles. The molecule has 3 nitrogen and oxygen atoms in total. The molecule has 0 aliphatic heterocycles. The summed E-state index contributed by atoms with van der Waals surface area (Å²) in [6.07, 6.45) is 8.51. The maximum Gasteiger partial charge on any atom is 0.240 e. The van der Waals surface area contributed by atoms with E-state index in [9.17, 15) is 4.79 Å². The first-order valence-corrected chi connectivity index (χ1v) is 5.67. The van der Waals surface area contributed by atoms with Gasteiger partial charge in [-0.3, -0.25) is 4.79 Å². The summed E-state index contributed by atoms with van der Waals surface area (Å²) in [5, 5.41) is 4.15. The van der Waals surface area contributed by atoms with Crippen LogP contribution in [0.25, 0.3) is 0 Å². The predicted molar refractivity (Wildman–Crippen MR) is 58.2 cm³/mol. The van der Waals surface area contributed by atoms with E-state index < -0.39 is 0 Å². The van der Waals surface area contributed by atoms with Crippen molar-refractivity contribution >= 4 is 11.6 Å². The fourth-order valence-corrected chi connectivity index (χ4v) is 1.61. The maximum absolute atomic E-state index is 11.2. The highest BCUT2D eigenvalue weighted by molar-refractivity contribution is 5.86. The first-order chi connectivity index (χ1) is 6.83. The number of nitrogens with zero attached hydrogens (tertiary/aromatic N) is 1. The zero-order chi connectivity index (χ0) is 10.2. The van der Waals surface area contributed by atoms with Crippen LogP contribution in [0.15, 0.2) is 5.10 Å². The minimum absolute atomic E-state index is 0.0601. The highest BCUT2D eigenvalue weighted by Gasteiger charge is 2.07. The van der Waals surface area contributed by atoms with Gasteiger partial charge in [0.1, 0.15) is 0 Å². The Hall–Kier alpha value is -0.860. The number of hydrazone groups is 1. The molecular formula is C11H20N2O. The summed E-state index contributed by atoms with van der Waals surface area (Å²) >= 11 is 0. The van der Waals surface area contributed by atoms with Crippen molar-refractivity contribution in [2.24, 2.45) is 5.10 Å². The van der Waals surface area contributed by atoms with Crippen LogP contribution in [-0.4, -0.2) is 11.6 Å². The van der Waals surface area contributed by atoms with Gasteiger partial charge in [-0.25, -0.2) is 5.43 Å².